The number of fused-ring (bicyclic) bond motifs is 6. The average molecular weight is 629 g/mol. The van der Waals surface area contributed by atoms with Gasteiger partial charge in [0.2, 0.25) is 0 Å². The van der Waals surface area contributed by atoms with Crippen LogP contribution in [-0.2, 0) is 27.4 Å². The number of pyridine rings is 2. The van der Waals surface area contributed by atoms with Gasteiger partial charge >= 0.3 is 6.09 Å². The first-order valence-electron chi connectivity index (χ1n) is 15.3. The van der Waals surface area contributed by atoms with E-state index in [-0.39, 0.29) is 49.4 Å². The number of ether oxygens (including phenoxy) is 4. The van der Waals surface area contributed by atoms with Crippen molar-refractivity contribution < 1.29 is 32.5 Å². The lowest BCUT2D eigenvalue weighted by molar-refractivity contribution is 0.0123. The van der Waals surface area contributed by atoms with Crippen LogP contribution in [0.1, 0.15) is 50.4 Å². The fraction of sp³-hybridized carbons (Fsp3) is 0.400. The second-order valence-electron chi connectivity index (χ2n) is 12.9. The normalized spacial score (nSPS) is 19.1. The van der Waals surface area contributed by atoms with Gasteiger partial charge in [0, 0.05) is 53.7 Å². The van der Waals surface area contributed by atoms with Crippen LogP contribution < -0.4 is 9.64 Å². The van der Waals surface area contributed by atoms with Crippen molar-refractivity contribution in [2.75, 3.05) is 31.9 Å². The zero-order valence-electron chi connectivity index (χ0n) is 26.2. The summed E-state index contributed by atoms with van der Waals surface area (Å²) in [5.41, 5.74) is 1.01. The van der Waals surface area contributed by atoms with Gasteiger partial charge in [0.15, 0.2) is 12.6 Å². The van der Waals surface area contributed by atoms with Gasteiger partial charge in [-0.15, -0.1) is 6.42 Å². The van der Waals surface area contributed by atoms with E-state index in [1.165, 1.54) is 13.2 Å². The highest BCUT2D eigenvalue weighted by Crippen LogP contribution is 2.43. The molecule has 4 aromatic rings. The molecule has 2 bridgehead atoms. The summed E-state index contributed by atoms with van der Waals surface area (Å²) >= 11 is 0. The summed E-state index contributed by atoms with van der Waals surface area (Å²) in [5.74, 6) is 2.24. The van der Waals surface area contributed by atoms with Crippen molar-refractivity contribution in [3.8, 4) is 29.4 Å². The minimum atomic E-state index is -0.597. The highest BCUT2D eigenvalue weighted by Gasteiger charge is 2.45. The summed E-state index contributed by atoms with van der Waals surface area (Å²) < 4.78 is 54.3. The molecule has 1 amide bonds. The molecule has 0 saturated carbocycles. The first-order valence-corrected chi connectivity index (χ1v) is 15.3. The monoisotopic (exact) mass is 628 g/mol. The van der Waals surface area contributed by atoms with Crippen molar-refractivity contribution in [3.63, 3.8) is 0 Å². The molecule has 238 valence electrons. The molecular formula is C35H34F2N4O5. The molecule has 5 heterocycles. The molecule has 2 atom stereocenters. The summed E-state index contributed by atoms with van der Waals surface area (Å²) in [4.78, 5) is 26.6. The zero-order valence-corrected chi connectivity index (χ0v) is 26.2. The van der Waals surface area contributed by atoms with Crippen LogP contribution in [0.5, 0.6) is 5.75 Å². The summed E-state index contributed by atoms with van der Waals surface area (Å²) in [6.45, 7) is 7.02. The molecule has 2 aromatic heterocycles. The third-order valence-corrected chi connectivity index (χ3v) is 8.81. The highest BCUT2D eigenvalue weighted by atomic mass is 19.1. The SMILES string of the molecule is C#Cc1c(F)ccc2cc(OCOC)cc(-c3ncc4c(N5CC6CCC(C5)N6C(=O)OC(C)(C)C)nc5c(c4c3F)COC5)c12. The minimum Gasteiger partial charge on any atom is -0.468 e. The molecule has 2 aromatic carbocycles. The van der Waals surface area contributed by atoms with Gasteiger partial charge in [-0.25, -0.2) is 18.6 Å². The number of halogens is 2. The number of terminal acetylenes is 1. The van der Waals surface area contributed by atoms with Crippen LogP contribution in [0.4, 0.5) is 19.4 Å². The Labute approximate surface area is 265 Å². The van der Waals surface area contributed by atoms with Gasteiger partial charge in [-0.05, 0) is 57.2 Å². The quantitative estimate of drug-likeness (QED) is 0.188. The van der Waals surface area contributed by atoms with E-state index in [1.807, 2.05) is 25.7 Å². The Hall–Kier alpha value is -4.53. The number of carbonyl (C=O) groups excluding carboxylic acids is 1. The molecule has 0 N–H and O–H groups in total. The molecule has 0 spiro atoms. The molecule has 2 unspecified atom stereocenters. The average Bonchev–Trinajstić information content (AvgIpc) is 3.60. The second kappa shape index (κ2) is 11.4. The van der Waals surface area contributed by atoms with Crippen LogP contribution >= 0.6 is 0 Å². The summed E-state index contributed by atoms with van der Waals surface area (Å²) in [5, 5.41) is 1.81. The fourth-order valence-corrected chi connectivity index (χ4v) is 6.94. The number of carbonyl (C=O) groups is 1. The molecule has 2 fully saturated rings. The number of anilines is 1. The number of piperazine rings is 1. The summed E-state index contributed by atoms with van der Waals surface area (Å²) in [6.07, 6.45) is 8.73. The van der Waals surface area contributed by atoms with Crippen molar-refractivity contribution in [2.45, 2.75) is 64.5 Å². The summed E-state index contributed by atoms with van der Waals surface area (Å²) in [6, 6.07) is 6.03. The van der Waals surface area contributed by atoms with Gasteiger partial charge in [0.1, 0.15) is 28.7 Å². The van der Waals surface area contributed by atoms with E-state index in [0.717, 1.165) is 12.8 Å². The van der Waals surface area contributed by atoms with E-state index in [2.05, 4.69) is 15.8 Å². The van der Waals surface area contributed by atoms with Gasteiger partial charge in [-0.2, -0.15) is 0 Å². The Morgan fingerprint density at radius 2 is 1.89 bits per heavy atom. The Kier molecular flexibility index (Phi) is 7.45. The highest BCUT2D eigenvalue weighted by molar-refractivity contribution is 6.04. The van der Waals surface area contributed by atoms with E-state index in [9.17, 15) is 9.18 Å². The molecule has 0 radical (unpaired) electrons. The third-order valence-electron chi connectivity index (χ3n) is 8.81. The van der Waals surface area contributed by atoms with Crippen molar-refractivity contribution in [2.24, 2.45) is 0 Å². The topological polar surface area (TPSA) is 86.3 Å². The Bertz CT molecular complexity index is 1920. The van der Waals surface area contributed by atoms with E-state index in [4.69, 9.17) is 30.4 Å². The maximum Gasteiger partial charge on any atom is 0.410 e. The number of benzene rings is 2. The molecular weight excluding hydrogens is 594 g/mol. The number of methoxy groups -OCH3 is 1. The van der Waals surface area contributed by atoms with Gasteiger partial charge in [0.05, 0.1) is 36.6 Å². The number of hydrogen-bond donors (Lipinski definition) is 0. The smallest absolute Gasteiger partial charge is 0.410 e. The van der Waals surface area contributed by atoms with E-state index in [1.54, 1.807) is 24.4 Å². The lowest BCUT2D eigenvalue weighted by Gasteiger charge is -2.42. The van der Waals surface area contributed by atoms with Crippen LogP contribution in [0, 0.1) is 24.0 Å². The lowest BCUT2D eigenvalue weighted by atomic mass is 9.94. The molecule has 3 aliphatic rings. The minimum absolute atomic E-state index is 0.00327. The lowest BCUT2D eigenvalue weighted by Crippen LogP contribution is -2.57. The maximum atomic E-state index is 17.1. The maximum absolute atomic E-state index is 17.1. The zero-order chi connectivity index (χ0) is 32.3. The van der Waals surface area contributed by atoms with E-state index >= 15 is 4.39 Å². The van der Waals surface area contributed by atoms with Gasteiger partial charge in [-0.1, -0.05) is 12.0 Å². The van der Waals surface area contributed by atoms with Crippen LogP contribution in [-0.4, -0.2) is 65.6 Å². The number of amides is 1. The third kappa shape index (κ3) is 5.06. The standard InChI is InChI=1S/C35H34F2N4O5/c1-6-23-27(36)10-7-19-11-22(45-18-43-5)12-24(29(19)23)32-31(37)30-25(13-38-32)33(39-28-17-44-16-26(28)30)40-14-20-8-9-21(15-40)41(20)34(42)46-35(2,3)4/h1,7,10-13,20-21H,8-9,14-18H2,2-5H3. The number of nitrogens with zero attached hydrogens (tertiary/aromatic N) is 4. The van der Waals surface area contributed by atoms with E-state index < -0.39 is 17.2 Å². The Morgan fingerprint density at radius 1 is 1.13 bits per heavy atom. The van der Waals surface area contributed by atoms with Crippen molar-refractivity contribution in [1.29, 1.82) is 0 Å². The predicted octanol–water partition coefficient (Wildman–Crippen LogP) is 6.31. The summed E-state index contributed by atoms with van der Waals surface area (Å²) in [7, 11) is 1.50. The molecule has 0 aliphatic carbocycles. The Balaban J connectivity index is 1.36. The van der Waals surface area contributed by atoms with Crippen LogP contribution in [0.25, 0.3) is 32.8 Å². The molecule has 2 saturated heterocycles. The van der Waals surface area contributed by atoms with Crippen molar-refractivity contribution in [3.05, 3.63) is 58.9 Å². The second-order valence-corrected chi connectivity index (χ2v) is 12.9. The number of aromatic nitrogens is 2. The van der Waals surface area contributed by atoms with Gasteiger partial charge < -0.3 is 23.8 Å². The number of hydrogen-bond acceptors (Lipinski definition) is 8. The molecule has 46 heavy (non-hydrogen) atoms. The van der Waals surface area contributed by atoms with Gasteiger partial charge in [0.25, 0.3) is 0 Å². The van der Waals surface area contributed by atoms with Crippen molar-refractivity contribution in [1.82, 2.24) is 14.9 Å². The van der Waals surface area contributed by atoms with E-state index in [0.29, 0.717) is 63.0 Å². The van der Waals surface area contributed by atoms with Crippen LogP contribution in [0.15, 0.2) is 30.5 Å². The first kappa shape index (κ1) is 30.1. The number of rotatable bonds is 5. The molecule has 11 heteroatoms. The van der Waals surface area contributed by atoms with Gasteiger partial charge in [-0.3, -0.25) is 9.88 Å². The fourth-order valence-electron chi connectivity index (χ4n) is 6.94. The molecule has 9 nitrogen and oxygen atoms in total. The van der Waals surface area contributed by atoms with Crippen molar-refractivity contribution >= 4 is 33.5 Å². The van der Waals surface area contributed by atoms with Crippen LogP contribution in [0.3, 0.4) is 0 Å². The molecule has 3 aliphatic heterocycles. The Morgan fingerprint density at radius 3 is 2.59 bits per heavy atom. The predicted molar refractivity (Wildman–Crippen MR) is 168 cm³/mol. The largest absolute Gasteiger partial charge is 0.468 e. The van der Waals surface area contributed by atoms with Crippen LogP contribution in [0.2, 0.25) is 0 Å². The molecule has 7 rings (SSSR count). The first-order chi connectivity index (χ1) is 22.1.